The molecule has 6 heteroatoms. The van der Waals surface area contributed by atoms with E-state index in [1.54, 1.807) is 6.07 Å². The summed E-state index contributed by atoms with van der Waals surface area (Å²) in [5.41, 5.74) is 8.49. The molecule has 0 aliphatic heterocycles. The lowest BCUT2D eigenvalue weighted by molar-refractivity contribution is 0.623. The summed E-state index contributed by atoms with van der Waals surface area (Å²) < 4.78 is 15.3. The normalized spacial score (nSPS) is 12.6. The van der Waals surface area contributed by atoms with Crippen LogP contribution in [-0.4, -0.2) is 14.0 Å². The topological polar surface area (TPSA) is 60.9 Å². The highest BCUT2D eigenvalue weighted by atomic mass is 79.9. The number of aromatic nitrogens is 2. The van der Waals surface area contributed by atoms with Crippen LogP contribution in [-0.2, 0) is 29.5 Å². The third kappa shape index (κ3) is 3.30. The molecule has 1 aromatic heterocycles. The molecule has 1 heterocycles. The van der Waals surface area contributed by atoms with Crippen molar-refractivity contribution < 1.29 is 4.21 Å². The monoisotopic (exact) mass is 355 g/mol. The molecule has 0 saturated heterocycles. The summed E-state index contributed by atoms with van der Waals surface area (Å²) in [6.45, 7) is 4.88. The van der Waals surface area contributed by atoms with Crippen molar-refractivity contribution in [3.05, 3.63) is 40.1 Å². The first-order valence-electron chi connectivity index (χ1n) is 6.54. The Labute approximate surface area is 130 Å². The van der Waals surface area contributed by atoms with Gasteiger partial charge in [-0.3, -0.25) is 8.89 Å². The Morgan fingerprint density at radius 1 is 1.35 bits per heavy atom. The van der Waals surface area contributed by atoms with Gasteiger partial charge in [-0.25, -0.2) is 0 Å². The average molecular weight is 356 g/mol. The quantitative estimate of drug-likeness (QED) is 0.838. The minimum Gasteiger partial charge on any atom is -0.398 e. The van der Waals surface area contributed by atoms with E-state index in [1.807, 2.05) is 29.8 Å². The summed E-state index contributed by atoms with van der Waals surface area (Å²) in [6, 6.07) is 7.46. The van der Waals surface area contributed by atoms with E-state index in [4.69, 9.17) is 5.73 Å². The number of nitrogens with two attached hydrogens (primary N) is 1. The first-order chi connectivity index (χ1) is 9.55. The maximum Gasteiger partial charge on any atom is 0.0703 e. The highest BCUT2D eigenvalue weighted by Gasteiger charge is 2.13. The number of nitrogen functional groups attached to an aromatic ring is 1. The zero-order valence-electron chi connectivity index (χ0n) is 11.6. The van der Waals surface area contributed by atoms with E-state index in [0.29, 0.717) is 16.3 Å². The van der Waals surface area contributed by atoms with Crippen LogP contribution < -0.4 is 5.73 Å². The molecule has 0 aliphatic carbocycles. The fraction of sp³-hybridized carbons (Fsp3) is 0.357. The summed E-state index contributed by atoms with van der Waals surface area (Å²) >= 11 is 3.39. The summed E-state index contributed by atoms with van der Waals surface area (Å²) in [4.78, 5) is 0.668. The molecule has 4 nitrogen and oxygen atoms in total. The molecule has 1 aromatic carbocycles. The smallest absolute Gasteiger partial charge is 0.0703 e. The molecule has 2 rings (SSSR count). The summed E-state index contributed by atoms with van der Waals surface area (Å²) in [7, 11) is -1.17. The van der Waals surface area contributed by atoms with E-state index in [9.17, 15) is 4.21 Å². The largest absolute Gasteiger partial charge is 0.398 e. The van der Waals surface area contributed by atoms with Crippen LogP contribution >= 0.6 is 15.9 Å². The SMILES string of the molecule is CCc1cc(CS(=O)c2cc(Br)ccc2N)n(CC)n1. The van der Waals surface area contributed by atoms with Gasteiger partial charge in [0.2, 0.25) is 0 Å². The van der Waals surface area contributed by atoms with Crippen LogP contribution in [0.2, 0.25) is 0 Å². The Balaban J connectivity index is 2.27. The third-order valence-corrected chi connectivity index (χ3v) is 4.97. The molecule has 0 bridgehead atoms. The van der Waals surface area contributed by atoms with E-state index in [2.05, 4.69) is 28.0 Å². The van der Waals surface area contributed by atoms with Gasteiger partial charge < -0.3 is 5.73 Å². The number of nitrogens with zero attached hydrogens (tertiary/aromatic N) is 2. The number of aryl methyl sites for hydroxylation is 2. The molecule has 1 unspecified atom stereocenters. The Hall–Kier alpha value is -1.14. The lowest BCUT2D eigenvalue weighted by atomic mass is 10.3. The molecule has 0 amide bonds. The Bertz CT molecular complexity index is 639. The van der Waals surface area contributed by atoms with Crippen LogP contribution in [0.1, 0.15) is 25.2 Å². The van der Waals surface area contributed by atoms with Crippen LogP contribution in [0.5, 0.6) is 0 Å². The number of hydrogen-bond donors (Lipinski definition) is 1. The van der Waals surface area contributed by atoms with E-state index < -0.39 is 10.8 Å². The molecular formula is C14H18BrN3OS. The van der Waals surface area contributed by atoms with Gasteiger partial charge in [-0.1, -0.05) is 22.9 Å². The van der Waals surface area contributed by atoms with Crippen molar-refractivity contribution in [2.24, 2.45) is 0 Å². The van der Waals surface area contributed by atoms with E-state index >= 15 is 0 Å². The van der Waals surface area contributed by atoms with Gasteiger partial charge >= 0.3 is 0 Å². The van der Waals surface area contributed by atoms with Crippen molar-refractivity contribution in [1.82, 2.24) is 9.78 Å². The average Bonchev–Trinajstić information content (AvgIpc) is 2.83. The molecule has 20 heavy (non-hydrogen) atoms. The van der Waals surface area contributed by atoms with Crippen molar-refractivity contribution in [2.45, 2.75) is 37.5 Å². The lowest BCUT2D eigenvalue weighted by Crippen LogP contribution is -2.07. The van der Waals surface area contributed by atoms with Gasteiger partial charge in [0.25, 0.3) is 0 Å². The Kier molecular flexibility index (Phi) is 4.99. The van der Waals surface area contributed by atoms with Crippen molar-refractivity contribution >= 4 is 32.4 Å². The van der Waals surface area contributed by atoms with Crippen LogP contribution in [0, 0.1) is 0 Å². The highest BCUT2D eigenvalue weighted by Crippen LogP contribution is 2.23. The molecule has 0 spiro atoms. The van der Waals surface area contributed by atoms with E-state index in [-0.39, 0.29) is 0 Å². The second-order valence-electron chi connectivity index (χ2n) is 4.47. The zero-order chi connectivity index (χ0) is 14.7. The molecule has 1 atom stereocenters. The second kappa shape index (κ2) is 6.54. The fourth-order valence-electron chi connectivity index (χ4n) is 2.00. The van der Waals surface area contributed by atoms with Crippen LogP contribution in [0.3, 0.4) is 0 Å². The number of anilines is 1. The van der Waals surface area contributed by atoms with Gasteiger partial charge in [-0.05, 0) is 37.6 Å². The molecule has 0 saturated carbocycles. The molecule has 0 radical (unpaired) electrons. The van der Waals surface area contributed by atoms with E-state index in [0.717, 1.165) is 28.8 Å². The van der Waals surface area contributed by atoms with Crippen molar-refractivity contribution in [3.63, 3.8) is 0 Å². The highest BCUT2D eigenvalue weighted by molar-refractivity contribution is 9.10. The van der Waals surface area contributed by atoms with Crippen molar-refractivity contribution in [3.8, 4) is 0 Å². The predicted octanol–water partition coefficient (Wildman–Crippen LogP) is 3.12. The van der Waals surface area contributed by atoms with Crippen molar-refractivity contribution in [2.75, 3.05) is 5.73 Å². The maximum atomic E-state index is 12.5. The first-order valence-corrected chi connectivity index (χ1v) is 8.65. The van der Waals surface area contributed by atoms with Gasteiger partial charge in [0.1, 0.15) is 0 Å². The molecule has 0 fully saturated rings. The first kappa shape index (κ1) is 15.3. The summed E-state index contributed by atoms with van der Waals surface area (Å²) in [5, 5.41) is 4.48. The molecule has 0 aliphatic rings. The van der Waals surface area contributed by atoms with E-state index in [1.165, 1.54) is 0 Å². The standard InChI is InChI=1S/C14H18BrN3OS/c1-3-11-8-12(18(4-2)17-11)9-20(19)14-7-10(15)5-6-13(14)16/h5-8H,3-4,9,16H2,1-2H3. The van der Waals surface area contributed by atoms with Gasteiger partial charge in [0.05, 0.1) is 32.8 Å². The predicted molar refractivity (Wildman–Crippen MR) is 85.9 cm³/mol. The number of halogens is 1. The zero-order valence-corrected chi connectivity index (χ0v) is 14.0. The molecule has 2 N–H and O–H groups in total. The van der Waals surface area contributed by atoms with Crippen LogP contribution in [0.25, 0.3) is 0 Å². The third-order valence-electron chi connectivity index (χ3n) is 3.08. The van der Waals surface area contributed by atoms with Gasteiger partial charge in [0.15, 0.2) is 0 Å². The second-order valence-corrected chi connectivity index (χ2v) is 6.80. The fourth-order valence-corrected chi connectivity index (χ4v) is 3.75. The Morgan fingerprint density at radius 2 is 2.10 bits per heavy atom. The maximum absolute atomic E-state index is 12.5. The Morgan fingerprint density at radius 3 is 2.75 bits per heavy atom. The van der Waals surface area contributed by atoms with Crippen molar-refractivity contribution in [1.29, 1.82) is 0 Å². The molecular weight excluding hydrogens is 338 g/mol. The number of benzene rings is 1. The lowest BCUT2D eigenvalue weighted by Gasteiger charge is -2.07. The molecule has 2 aromatic rings. The van der Waals surface area contributed by atoms with Gasteiger partial charge in [-0.2, -0.15) is 5.10 Å². The summed E-state index contributed by atoms with van der Waals surface area (Å²) in [6.07, 6.45) is 0.881. The minimum atomic E-state index is -1.17. The molecule has 108 valence electrons. The van der Waals surface area contributed by atoms with Crippen LogP contribution in [0.15, 0.2) is 33.6 Å². The minimum absolute atomic E-state index is 0.432. The summed E-state index contributed by atoms with van der Waals surface area (Å²) in [5.74, 6) is 0.432. The van der Waals surface area contributed by atoms with Crippen LogP contribution in [0.4, 0.5) is 5.69 Å². The number of rotatable bonds is 5. The number of hydrogen-bond acceptors (Lipinski definition) is 3. The van der Waals surface area contributed by atoms with Gasteiger partial charge in [-0.15, -0.1) is 0 Å². The van der Waals surface area contributed by atoms with Gasteiger partial charge in [0, 0.05) is 16.7 Å².